The fourth-order valence-electron chi connectivity index (χ4n) is 8.18. The molecule has 4 nitrogen and oxygen atoms in total. The molecule has 256 valence electrons. The van der Waals surface area contributed by atoms with Crippen LogP contribution in [0, 0.1) is 0 Å². The van der Waals surface area contributed by atoms with Crippen molar-refractivity contribution < 1.29 is 4.42 Å². The number of hydrogen-bond donors (Lipinski definition) is 0. The minimum Gasteiger partial charge on any atom is -0.456 e. The van der Waals surface area contributed by atoms with Gasteiger partial charge in [0.2, 0.25) is 0 Å². The molecule has 4 heteroatoms. The highest BCUT2D eigenvalue weighted by Gasteiger charge is 2.19. The van der Waals surface area contributed by atoms with E-state index in [0.29, 0.717) is 17.5 Å². The second-order valence-electron chi connectivity index (χ2n) is 13.9. The zero-order chi connectivity index (χ0) is 36.3. The maximum Gasteiger partial charge on any atom is 0.164 e. The van der Waals surface area contributed by atoms with Gasteiger partial charge in [0.05, 0.1) is 0 Å². The fraction of sp³-hybridized carbons (Fsp3) is 0. The first kappa shape index (κ1) is 31.1. The van der Waals surface area contributed by atoms with Crippen LogP contribution in [0.4, 0.5) is 0 Å². The molecular formula is C51H31N3O. The van der Waals surface area contributed by atoms with Gasteiger partial charge in [0, 0.05) is 27.5 Å². The third-order valence-electron chi connectivity index (χ3n) is 10.7. The molecule has 0 saturated heterocycles. The van der Waals surface area contributed by atoms with Crippen LogP contribution in [0.1, 0.15) is 0 Å². The fourth-order valence-corrected chi connectivity index (χ4v) is 8.18. The number of furan rings is 1. The van der Waals surface area contributed by atoms with E-state index in [0.717, 1.165) is 49.8 Å². The molecule has 0 aliphatic carbocycles. The Kier molecular flexibility index (Phi) is 7.14. The minimum atomic E-state index is 0.635. The Hall–Kier alpha value is -7.43. The lowest BCUT2D eigenvalue weighted by Crippen LogP contribution is -2.00. The summed E-state index contributed by atoms with van der Waals surface area (Å²) in [6, 6.07) is 65.9. The number of rotatable bonds is 5. The van der Waals surface area contributed by atoms with Crippen LogP contribution in [0.25, 0.3) is 111 Å². The molecule has 0 saturated carbocycles. The number of fused-ring (bicyclic) bond motifs is 8. The Balaban J connectivity index is 1.13. The van der Waals surface area contributed by atoms with E-state index in [2.05, 4.69) is 115 Å². The first-order valence-corrected chi connectivity index (χ1v) is 18.5. The van der Waals surface area contributed by atoms with E-state index in [9.17, 15) is 0 Å². The Morgan fingerprint density at radius 2 is 0.727 bits per heavy atom. The Labute approximate surface area is 317 Å². The van der Waals surface area contributed by atoms with Crippen molar-refractivity contribution in [3.8, 4) is 56.4 Å². The maximum absolute atomic E-state index is 6.34. The molecule has 2 heterocycles. The van der Waals surface area contributed by atoms with Gasteiger partial charge in [-0.05, 0) is 84.9 Å². The second kappa shape index (κ2) is 12.6. The summed E-state index contributed by atoms with van der Waals surface area (Å²) >= 11 is 0. The molecular weight excluding hydrogens is 671 g/mol. The monoisotopic (exact) mass is 701 g/mol. The maximum atomic E-state index is 6.34. The van der Waals surface area contributed by atoms with Crippen molar-refractivity contribution in [3.63, 3.8) is 0 Å². The van der Waals surface area contributed by atoms with E-state index in [-0.39, 0.29) is 0 Å². The lowest BCUT2D eigenvalue weighted by molar-refractivity contribution is 0.669. The van der Waals surface area contributed by atoms with Gasteiger partial charge in [-0.3, -0.25) is 0 Å². The summed E-state index contributed by atoms with van der Waals surface area (Å²) in [5.41, 5.74) is 9.24. The average molecular weight is 702 g/mol. The van der Waals surface area contributed by atoms with E-state index in [4.69, 9.17) is 19.4 Å². The van der Waals surface area contributed by atoms with Gasteiger partial charge in [-0.15, -0.1) is 0 Å². The number of aromatic nitrogens is 3. The van der Waals surface area contributed by atoms with Gasteiger partial charge < -0.3 is 4.42 Å². The van der Waals surface area contributed by atoms with Crippen molar-refractivity contribution >= 4 is 54.3 Å². The number of hydrogen-bond acceptors (Lipinski definition) is 4. The van der Waals surface area contributed by atoms with Gasteiger partial charge >= 0.3 is 0 Å². The molecule has 0 aliphatic rings. The van der Waals surface area contributed by atoms with Crippen LogP contribution in [-0.4, -0.2) is 15.0 Å². The highest BCUT2D eigenvalue weighted by Crippen LogP contribution is 2.45. The van der Waals surface area contributed by atoms with Crippen LogP contribution in [0.3, 0.4) is 0 Å². The smallest absolute Gasteiger partial charge is 0.164 e. The second-order valence-corrected chi connectivity index (χ2v) is 13.9. The predicted octanol–water partition coefficient (Wildman–Crippen LogP) is 13.6. The molecule has 0 N–H and O–H groups in total. The summed E-state index contributed by atoms with van der Waals surface area (Å²) < 4.78 is 6.34. The quantitative estimate of drug-likeness (QED) is 0.168. The molecule has 0 bridgehead atoms. The average Bonchev–Trinajstić information content (AvgIpc) is 3.65. The molecule has 11 aromatic rings. The van der Waals surface area contributed by atoms with Gasteiger partial charge in [-0.2, -0.15) is 0 Å². The molecule has 0 atom stereocenters. The largest absolute Gasteiger partial charge is 0.456 e. The Morgan fingerprint density at radius 3 is 1.38 bits per heavy atom. The number of para-hydroxylation sites is 1. The van der Waals surface area contributed by atoms with Crippen molar-refractivity contribution in [3.05, 3.63) is 188 Å². The first-order valence-electron chi connectivity index (χ1n) is 18.5. The van der Waals surface area contributed by atoms with Crippen molar-refractivity contribution in [1.82, 2.24) is 15.0 Å². The highest BCUT2D eigenvalue weighted by molar-refractivity contribution is 6.25. The SMILES string of the molecule is c1ccc(-c2nc(-c3ccccc3)nc(-c3cccc(-c4cc5c6ccccc6c(-c6cccc7oc8ccccc8c67)cc5c5ccccc45)c3)n2)cc1. The predicted molar refractivity (Wildman–Crippen MR) is 227 cm³/mol. The van der Waals surface area contributed by atoms with Crippen LogP contribution in [-0.2, 0) is 0 Å². The lowest BCUT2D eigenvalue weighted by Gasteiger charge is -2.17. The van der Waals surface area contributed by atoms with Gasteiger partial charge in [0.1, 0.15) is 11.2 Å². The third kappa shape index (κ3) is 5.19. The van der Waals surface area contributed by atoms with E-state index < -0.39 is 0 Å². The molecule has 55 heavy (non-hydrogen) atoms. The first-order chi connectivity index (χ1) is 27.3. The normalized spacial score (nSPS) is 11.6. The standard InChI is InChI=1S/C51H31N3O/c1-3-15-32(16-4-1)49-52-50(33-17-5-2-6-18-33)54-51(53-49)35-20-13-19-34(29-35)42-30-44-39-24-10-9-23-38(39)43(31-45(44)37-22-8-7-21-36(37)42)40-26-14-28-47-48(40)41-25-11-12-27-46(41)55-47/h1-31H. The highest BCUT2D eigenvalue weighted by atomic mass is 16.3. The van der Waals surface area contributed by atoms with E-state index >= 15 is 0 Å². The van der Waals surface area contributed by atoms with E-state index in [1.807, 2.05) is 72.8 Å². The molecule has 0 unspecified atom stereocenters. The van der Waals surface area contributed by atoms with Gasteiger partial charge in [0.15, 0.2) is 17.5 Å². The molecule has 0 fully saturated rings. The Bertz CT molecular complexity index is 3200. The molecule has 2 aromatic heterocycles. The third-order valence-corrected chi connectivity index (χ3v) is 10.7. The number of benzene rings is 9. The van der Waals surface area contributed by atoms with Crippen molar-refractivity contribution in [2.24, 2.45) is 0 Å². The van der Waals surface area contributed by atoms with Crippen LogP contribution < -0.4 is 0 Å². The molecule has 9 aromatic carbocycles. The Morgan fingerprint density at radius 1 is 0.273 bits per heavy atom. The summed E-state index contributed by atoms with van der Waals surface area (Å²) in [5, 5.41) is 9.50. The lowest BCUT2D eigenvalue weighted by atomic mass is 9.87. The summed E-state index contributed by atoms with van der Waals surface area (Å²) in [5.74, 6) is 1.93. The van der Waals surface area contributed by atoms with E-state index in [1.54, 1.807) is 0 Å². The molecule has 0 amide bonds. The summed E-state index contributed by atoms with van der Waals surface area (Å²) in [6.45, 7) is 0. The zero-order valence-corrected chi connectivity index (χ0v) is 29.6. The van der Waals surface area contributed by atoms with Crippen LogP contribution in [0.15, 0.2) is 192 Å². The minimum absolute atomic E-state index is 0.635. The van der Waals surface area contributed by atoms with Gasteiger partial charge in [-0.25, -0.2) is 15.0 Å². The van der Waals surface area contributed by atoms with Gasteiger partial charge in [0.25, 0.3) is 0 Å². The van der Waals surface area contributed by atoms with Crippen LogP contribution in [0.2, 0.25) is 0 Å². The van der Waals surface area contributed by atoms with Crippen molar-refractivity contribution in [1.29, 1.82) is 0 Å². The molecule has 0 radical (unpaired) electrons. The van der Waals surface area contributed by atoms with Gasteiger partial charge in [-0.1, -0.05) is 158 Å². The summed E-state index contributed by atoms with van der Waals surface area (Å²) in [4.78, 5) is 15.0. The topological polar surface area (TPSA) is 51.8 Å². The zero-order valence-electron chi connectivity index (χ0n) is 29.6. The molecule has 11 rings (SSSR count). The summed E-state index contributed by atoms with van der Waals surface area (Å²) in [7, 11) is 0. The molecule has 0 aliphatic heterocycles. The van der Waals surface area contributed by atoms with Crippen molar-refractivity contribution in [2.45, 2.75) is 0 Å². The van der Waals surface area contributed by atoms with Crippen LogP contribution >= 0.6 is 0 Å². The van der Waals surface area contributed by atoms with Crippen LogP contribution in [0.5, 0.6) is 0 Å². The number of nitrogens with zero attached hydrogens (tertiary/aromatic N) is 3. The summed E-state index contributed by atoms with van der Waals surface area (Å²) in [6.07, 6.45) is 0. The van der Waals surface area contributed by atoms with E-state index in [1.165, 1.54) is 43.4 Å². The van der Waals surface area contributed by atoms with Crippen molar-refractivity contribution in [2.75, 3.05) is 0 Å². The molecule has 0 spiro atoms.